The number of rotatable bonds is 7. The first kappa shape index (κ1) is 74.4. The molecule has 27 rings (SSSR count). The highest BCUT2D eigenvalue weighted by atomic mass is 32.1. The van der Waals surface area contributed by atoms with Gasteiger partial charge in [0.1, 0.15) is 0 Å². The van der Waals surface area contributed by atoms with Gasteiger partial charge in [-0.25, -0.2) is 24.9 Å². The highest BCUT2D eigenvalue weighted by Crippen LogP contribution is 2.59. The second-order valence-electron chi connectivity index (χ2n) is 31.6. The van der Waals surface area contributed by atoms with E-state index >= 15 is 0 Å². The number of hydrogen-bond donors (Lipinski definition) is 0. The van der Waals surface area contributed by atoms with Gasteiger partial charge in [-0.2, -0.15) is 0 Å². The first-order valence-electron chi connectivity index (χ1n) is 42.3. The molecule has 8 aromatic heterocycles. The number of aromatic nitrogens is 6. The van der Waals surface area contributed by atoms with E-state index in [0.717, 1.165) is 66.6 Å². The van der Waals surface area contributed by atoms with Gasteiger partial charge in [0, 0.05) is 97.9 Å². The van der Waals surface area contributed by atoms with Crippen LogP contribution in [-0.4, -0.2) is 29.9 Å². The molecule has 6 nitrogen and oxygen atoms in total. The zero-order valence-electron chi connectivity index (χ0n) is 67.7. The first-order valence-corrected chi connectivity index (χ1v) is 45.5. The molecule has 15 aromatic carbocycles. The van der Waals surface area contributed by atoms with Crippen molar-refractivity contribution >= 4 is 85.7 Å². The number of pyridine rings is 2. The lowest BCUT2D eigenvalue weighted by atomic mass is 9.94. The lowest BCUT2D eigenvalue weighted by molar-refractivity contribution is 1.19. The molecule has 0 atom stereocenters. The van der Waals surface area contributed by atoms with E-state index in [0.29, 0.717) is 0 Å². The first-order chi connectivity index (χ1) is 62.6. The normalized spacial score (nSPS) is 11.7. The second-order valence-corrected chi connectivity index (χ2v) is 35.8. The van der Waals surface area contributed by atoms with E-state index < -0.39 is 0 Å². The van der Waals surface area contributed by atoms with Crippen LogP contribution in [0.4, 0.5) is 0 Å². The Bertz CT molecular complexity index is 7950. The Kier molecular flexibility index (Phi) is 18.6. The molecule has 0 spiro atoms. The standard InChI is InChI=1S/C36H22N2S.C31H19NS.C25H15NS.C24H14N2S/c1-3-12-23(13-4-1)30-22-31(24-14-5-2-6-15-24)38-36(37-30)35-34-29-19-10-9-18-27(29)25-16-7-8-17-26(25)28-20-11-21-32(39-35)33(28)34;1-2-10-20(11-3-1)26-17-9-18-27(32-26)31-30-25-15-7-6-14-23(25)21-12-4-5-13-22(21)24-16-8-19-28(33-31)29(24)30;1-2-9-17-16(8-1)18-10-3-4-11-20(18)24-23-19(17)12-7-14-22(23)27-25(24)21-13-5-6-15-26-21;1-2-8-16-15(7-1)17-9-3-4-10-19(17)22-21-18(16)11-5-12-20(21)27-23(22)24-25-13-6-14-26-24/h1-22H;1-19H;1-15H;1-14H. The molecule has 126 heavy (non-hydrogen) atoms. The van der Waals surface area contributed by atoms with Crippen LogP contribution < -0.4 is 0 Å². The van der Waals surface area contributed by atoms with E-state index in [1.807, 2.05) is 71.6 Å². The van der Waals surface area contributed by atoms with Crippen molar-refractivity contribution in [3.05, 3.63) is 425 Å². The van der Waals surface area contributed by atoms with Gasteiger partial charge in [0.15, 0.2) is 11.6 Å². The van der Waals surface area contributed by atoms with Crippen molar-refractivity contribution in [2.75, 3.05) is 0 Å². The minimum absolute atomic E-state index is 0.762. The number of hydrogen-bond acceptors (Lipinski definition) is 10. The molecule has 4 aliphatic carbocycles. The maximum atomic E-state index is 5.21. The number of fused-ring (bicyclic) bond motifs is 20. The summed E-state index contributed by atoms with van der Waals surface area (Å²) in [7, 11) is 0. The maximum absolute atomic E-state index is 5.21. The molecule has 0 unspecified atom stereocenters. The van der Waals surface area contributed by atoms with E-state index in [9.17, 15) is 0 Å². The zero-order valence-corrected chi connectivity index (χ0v) is 71.0. The molecule has 0 aliphatic heterocycles. The van der Waals surface area contributed by atoms with Gasteiger partial charge in [0.2, 0.25) is 0 Å². The largest absolute Gasteiger partial charge is 0.255 e. The van der Waals surface area contributed by atoms with Crippen LogP contribution in [0.1, 0.15) is 0 Å². The highest BCUT2D eigenvalue weighted by molar-refractivity contribution is 7.24. The van der Waals surface area contributed by atoms with E-state index in [1.165, 1.54) is 184 Å². The smallest absolute Gasteiger partial charge is 0.171 e. The number of thiophene rings is 4. The second kappa shape index (κ2) is 31.5. The fourth-order valence-electron chi connectivity index (χ4n) is 19.1. The predicted molar refractivity (Wildman–Crippen MR) is 532 cm³/mol. The lowest BCUT2D eigenvalue weighted by Crippen LogP contribution is -1.96. The van der Waals surface area contributed by atoms with Crippen LogP contribution in [0.25, 0.3) is 250 Å². The zero-order chi connectivity index (χ0) is 83.1. The Balaban J connectivity index is 0.0000000950. The minimum atomic E-state index is 0.762. The van der Waals surface area contributed by atoms with Gasteiger partial charge in [-0.05, 0) is 172 Å². The Morgan fingerprint density at radius 2 is 0.397 bits per heavy atom. The summed E-state index contributed by atoms with van der Waals surface area (Å²) in [5.74, 6) is 1.55. The van der Waals surface area contributed by atoms with Crippen LogP contribution in [0.3, 0.4) is 0 Å². The molecule has 4 aliphatic rings. The monoisotopic (exact) mass is 1670 g/mol. The van der Waals surface area contributed by atoms with E-state index in [4.69, 9.17) is 15.0 Å². The molecule has 0 saturated heterocycles. The summed E-state index contributed by atoms with van der Waals surface area (Å²) in [4.78, 5) is 34.1. The molecular weight excluding hydrogens is 1610 g/mol. The van der Waals surface area contributed by atoms with Crippen molar-refractivity contribution in [1.29, 1.82) is 0 Å². The molecule has 8 heterocycles. The van der Waals surface area contributed by atoms with E-state index in [1.54, 1.807) is 22.7 Å². The molecule has 0 N–H and O–H groups in total. The lowest BCUT2D eigenvalue weighted by Gasteiger charge is -2.12. The summed E-state index contributed by atoms with van der Waals surface area (Å²) in [6, 6.07) is 144. The van der Waals surface area contributed by atoms with Gasteiger partial charge in [-0.3, -0.25) is 4.98 Å². The molecule has 0 fully saturated rings. The quantitative estimate of drug-likeness (QED) is 0.158. The Morgan fingerprint density at radius 3 is 0.746 bits per heavy atom. The van der Waals surface area contributed by atoms with Crippen molar-refractivity contribution in [1.82, 2.24) is 29.9 Å². The molecular formula is C116H70N6S4. The third kappa shape index (κ3) is 12.7. The van der Waals surface area contributed by atoms with Gasteiger partial charge >= 0.3 is 0 Å². The van der Waals surface area contributed by atoms with E-state index in [2.05, 4.69) is 391 Å². The highest BCUT2D eigenvalue weighted by Gasteiger charge is 2.33. The van der Waals surface area contributed by atoms with Crippen molar-refractivity contribution in [2.45, 2.75) is 0 Å². The van der Waals surface area contributed by atoms with Crippen molar-refractivity contribution in [2.24, 2.45) is 0 Å². The van der Waals surface area contributed by atoms with Gasteiger partial charge in [-0.1, -0.05) is 346 Å². The minimum Gasteiger partial charge on any atom is -0.255 e. The fourth-order valence-corrected chi connectivity index (χ4v) is 23.9. The summed E-state index contributed by atoms with van der Waals surface area (Å²) < 4.78 is 5.14. The predicted octanol–water partition coefficient (Wildman–Crippen LogP) is 32.9. The molecule has 0 amide bonds. The Hall–Kier alpha value is -15.4. The average Bonchev–Trinajstić information content (AvgIpc) is 1.59. The summed E-state index contributed by atoms with van der Waals surface area (Å²) in [5.41, 5.74) is 38.9. The summed E-state index contributed by atoms with van der Waals surface area (Å²) in [6.07, 6.45) is 5.51. The topological polar surface area (TPSA) is 77.3 Å². The van der Waals surface area contributed by atoms with E-state index in [-0.39, 0.29) is 0 Å². The molecule has 10 heteroatoms. The van der Waals surface area contributed by atoms with Crippen LogP contribution in [0.15, 0.2) is 425 Å². The number of nitrogens with zero attached hydrogens (tertiary/aromatic N) is 6. The van der Waals surface area contributed by atoms with Gasteiger partial charge in [0.05, 0.1) is 48.0 Å². The number of benzene rings is 15. The molecule has 0 radical (unpaired) electrons. The van der Waals surface area contributed by atoms with Crippen molar-refractivity contribution < 1.29 is 0 Å². The fraction of sp³-hybridized carbons (Fsp3) is 0. The Labute approximate surface area is 744 Å². The summed E-state index contributed by atoms with van der Waals surface area (Å²) in [6.45, 7) is 0. The molecule has 23 aromatic rings. The molecule has 0 bridgehead atoms. The van der Waals surface area contributed by atoms with Gasteiger partial charge < -0.3 is 0 Å². The van der Waals surface area contributed by atoms with Crippen LogP contribution in [-0.2, 0) is 0 Å². The van der Waals surface area contributed by atoms with Crippen LogP contribution in [0.5, 0.6) is 0 Å². The third-order valence-electron chi connectivity index (χ3n) is 24.5. The van der Waals surface area contributed by atoms with Crippen LogP contribution in [0, 0.1) is 0 Å². The maximum Gasteiger partial charge on any atom is 0.171 e. The summed E-state index contributed by atoms with van der Waals surface area (Å²) >= 11 is 7.25. The third-order valence-corrected chi connectivity index (χ3v) is 29.1. The van der Waals surface area contributed by atoms with Crippen molar-refractivity contribution in [3.63, 3.8) is 0 Å². The summed E-state index contributed by atoms with van der Waals surface area (Å²) in [5, 5.41) is 5.27. The molecule has 588 valence electrons. The van der Waals surface area contributed by atoms with Gasteiger partial charge in [0.25, 0.3) is 0 Å². The van der Waals surface area contributed by atoms with Crippen LogP contribution in [0.2, 0.25) is 0 Å². The average molecular weight is 1680 g/mol. The van der Waals surface area contributed by atoms with Crippen LogP contribution >= 0.6 is 45.3 Å². The Morgan fingerprint density at radius 1 is 0.151 bits per heavy atom. The van der Waals surface area contributed by atoms with Crippen molar-refractivity contribution in [3.8, 4) is 210 Å². The van der Waals surface area contributed by atoms with Gasteiger partial charge in [-0.15, -0.1) is 45.3 Å². The molecule has 0 saturated carbocycles. The SMILES string of the molecule is c1ccc(-c2cc(-c3ccccc3)nc(-c3sc4cccc5c4c3-c3ccccc3-c3ccccc3-5)n2)cc1.c1ccc(-c2cccc(-c3sc4cccc5c4c3-c3ccccc3-c3ccccc3-5)n2)cc1.c1ccc(-c2sc3cccc4c3c2-c2ccccc2-c2ccccc2-4)nc1.c1cnc(-c2sc3cccc4c3c2-c2ccccc2-c2ccccc2-4)nc1.